The summed E-state index contributed by atoms with van der Waals surface area (Å²) in [7, 11) is 1.94. The second-order valence-corrected chi connectivity index (χ2v) is 7.41. The van der Waals surface area contributed by atoms with Crippen LogP contribution in [-0.4, -0.2) is 33.2 Å². The summed E-state index contributed by atoms with van der Waals surface area (Å²) in [5.41, 5.74) is 0.997. The second kappa shape index (κ2) is 7.95. The number of amides is 1. The SMILES string of the molecule is CCCCCN(C(=O)c1cc2c(C)nn(C)c2s1)C(C)CCC. The first kappa shape index (κ1) is 18.0. The number of nitrogens with zero attached hydrogens (tertiary/aromatic N) is 3. The van der Waals surface area contributed by atoms with E-state index in [9.17, 15) is 4.79 Å². The van der Waals surface area contributed by atoms with E-state index < -0.39 is 0 Å². The number of aryl methyl sites for hydroxylation is 2. The van der Waals surface area contributed by atoms with Crippen LogP contribution in [0.15, 0.2) is 6.07 Å². The summed E-state index contributed by atoms with van der Waals surface area (Å²) in [4.78, 5) is 17.1. The van der Waals surface area contributed by atoms with E-state index in [0.717, 1.165) is 46.6 Å². The Bertz CT molecular complexity index is 624. The highest BCUT2D eigenvalue weighted by Crippen LogP contribution is 2.29. The van der Waals surface area contributed by atoms with Crippen LogP contribution in [0.3, 0.4) is 0 Å². The molecule has 0 saturated carbocycles. The molecule has 2 aromatic rings. The molecular formula is C18H29N3OS. The maximum absolute atomic E-state index is 13.1. The summed E-state index contributed by atoms with van der Waals surface area (Å²) in [5, 5.41) is 5.53. The standard InChI is InChI=1S/C18H29N3OS/c1-6-8-9-11-21(13(3)10-7-2)17(22)16-12-15-14(4)19-20(5)18(15)23-16/h12-13H,6-11H2,1-5H3. The topological polar surface area (TPSA) is 38.1 Å². The average molecular weight is 336 g/mol. The Balaban J connectivity index is 2.24. The number of fused-ring (bicyclic) bond motifs is 1. The summed E-state index contributed by atoms with van der Waals surface area (Å²) in [5.74, 6) is 0.183. The van der Waals surface area contributed by atoms with Crippen molar-refractivity contribution in [2.45, 2.75) is 65.8 Å². The Morgan fingerprint density at radius 3 is 2.70 bits per heavy atom. The molecule has 0 N–H and O–H groups in total. The predicted molar refractivity (Wildman–Crippen MR) is 98.3 cm³/mol. The quantitative estimate of drug-likeness (QED) is 0.652. The molecule has 1 unspecified atom stereocenters. The molecule has 128 valence electrons. The lowest BCUT2D eigenvalue weighted by molar-refractivity contribution is 0.0685. The normalized spacial score (nSPS) is 12.7. The summed E-state index contributed by atoms with van der Waals surface area (Å²) in [6, 6.07) is 2.32. The van der Waals surface area contributed by atoms with Crippen molar-refractivity contribution in [3.05, 3.63) is 16.6 Å². The van der Waals surface area contributed by atoms with Gasteiger partial charge in [-0.1, -0.05) is 33.1 Å². The number of aromatic nitrogens is 2. The van der Waals surface area contributed by atoms with Gasteiger partial charge in [0.2, 0.25) is 0 Å². The molecule has 2 aromatic heterocycles. The molecule has 0 aliphatic carbocycles. The largest absolute Gasteiger partial charge is 0.335 e. The van der Waals surface area contributed by atoms with Crippen molar-refractivity contribution in [1.29, 1.82) is 0 Å². The number of thiophene rings is 1. The van der Waals surface area contributed by atoms with E-state index in [1.54, 1.807) is 11.3 Å². The zero-order chi connectivity index (χ0) is 17.0. The molecule has 23 heavy (non-hydrogen) atoms. The minimum absolute atomic E-state index is 0.183. The molecule has 0 aromatic carbocycles. The van der Waals surface area contributed by atoms with Crippen LogP contribution in [0.1, 0.15) is 68.2 Å². The molecule has 1 amide bonds. The Morgan fingerprint density at radius 1 is 1.35 bits per heavy atom. The fraction of sp³-hybridized carbons (Fsp3) is 0.667. The van der Waals surface area contributed by atoms with Crippen molar-refractivity contribution in [2.24, 2.45) is 7.05 Å². The monoisotopic (exact) mass is 335 g/mol. The number of hydrogen-bond acceptors (Lipinski definition) is 3. The van der Waals surface area contributed by atoms with Crippen molar-refractivity contribution in [3.63, 3.8) is 0 Å². The third kappa shape index (κ3) is 3.94. The first-order valence-corrected chi connectivity index (χ1v) is 9.55. The molecule has 0 aliphatic heterocycles. The highest BCUT2D eigenvalue weighted by molar-refractivity contribution is 7.20. The third-order valence-corrected chi connectivity index (χ3v) is 5.60. The van der Waals surface area contributed by atoms with E-state index in [2.05, 4.69) is 30.8 Å². The van der Waals surface area contributed by atoms with Crippen LogP contribution in [0.2, 0.25) is 0 Å². The van der Waals surface area contributed by atoms with Gasteiger partial charge in [-0.2, -0.15) is 5.10 Å². The van der Waals surface area contributed by atoms with Crippen LogP contribution in [-0.2, 0) is 7.05 Å². The number of hydrogen-bond donors (Lipinski definition) is 0. The Kier molecular flexibility index (Phi) is 6.22. The van der Waals surface area contributed by atoms with Crippen molar-refractivity contribution in [1.82, 2.24) is 14.7 Å². The van der Waals surface area contributed by atoms with E-state index in [1.165, 1.54) is 12.8 Å². The highest BCUT2D eigenvalue weighted by atomic mass is 32.1. The van der Waals surface area contributed by atoms with E-state index in [1.807, 2.05) is 24.7 Å². The highest BCUT2D eigenvalue weighted by Gasteiger charge is 2.23. The Morgan fingerprint density at radius 2 is 2.09 bits per heavy atom. The van der Waals surface area contributed by atoms with Crippen molar-refractivity contribution in [3.8, 4) is 0 Å². The van der Waals surface area contributed by atoms with Gasteiger partial charge in [-0.15, -0.1) is 11.3 Å². The maximum atomic E-state index is 13.1. The van der Waals surface area contributed by atoms with Gasteiger partial charge in [0, 0.05) is 25.0 Å². The maximum Gasteiger partial charge on any atom is 0.264 e. The van der Waals surface area contributed by atoms with E-state index in [4.69, 9.17) is 0 Å². The number of carbonyl (C=O) groups excluding carboxylic acids is 1. The Labute approximate surface area is 143 Å². The smallest absolute Gasteiger partial charge is 0.264 e. The van der Waals surface area contributed by atoms with Gasteiger partial charge < -0.3 is 4.90 Å². The average Bonchev–Trinajstić information content (AvgIpc) is 3.06. The molecule has 0 bridgehead atoms. The van der Waals surface area contributed by atoms with Gasteiger partial charge in [0.15, 0.2) is 0 Å². The van der Waals surface area contributed by atoms with Crippen LogP contribution < -0.4 is 0 Å². The number of carbonyl (C=O) groups is 1. The van der Waals surface area contributed by atoms with Crippen molar-refractivity contribution >= 4 is 27.5 Å². The molecule has 2 rings (SSSR count). The van der Waals surface area contributed by atoms with Gasteiger partial charge in [0.25, 0.3) is 5.91 Å². The van der Waals surface area contributed by atoms with Crippen LogP contribution in [0.25, 0.3) is 10.2 Å². The zero-order valence-corrected chi connectivity index (χ0v) is 15.9. The van der Waals surface area contributed by atoms with Crippen molar-refractivity contribution in [2.75, 3.05) is 6.54 Å². The molecule has 4 nitrogen and oxygen atoms in total. The van der Waals surface area contributed by atoms with Crippen LogP contribution >= 0.6 is 11.3 Å². The molecule has 2 heterocycles. The van der Waals surface area contributed by atoms with Gasteiger partial charge in [0.1, 0.15) is 4.83 Å². The molecule has 0 radical (unpaired) electrons. The predicted octanol–water partition coefficient (Wildman–Crippen LogP) is 4.76. The minimum Gasteiger partial charge on any atom is -0.335 e. The summed E-state index contributed by atoms with van der Waals surface area (Å²) >= 11 is 1.57. The van der Waals surface area contributed by atoms with Gasteiger partial charge >= 0.3 is 0 Å². The summed E-state index contributed by atoms with van der Waals surface area (Å²) in [6.45, 7) is 9.41. The van der Waals surface area contributed by atoms with E-state index >= 15 is 0 Å². The van der Waals surface area contributed by atoms with E-state index in [-0.39, 0.29) is 5.91 Å². The van der Waals surface area contributed by atoms with Gasteiger partial charge in [0.05, 0.1) is 10.6 Å². The molecule has 0 fully saturated rings. The molecule has 0 aliphatic rings. The molecule has 5 heteroatoms. The van der Waals surface area contributed by atoms with Crippen molar-refractivity contribution < 1.29 is 4.79 Å². The van der Waals surface area contributed by atoms with Gasteiger partial charge in [-0.05, 0) is 32.8 Å². The lowest BCUT2D eigenvalue weighted by Gasteiger charge is -2.29. The molecule has 0 spiro atoms. The minimum atomic E-state index is 0.183. The third-order valence-electron chi connectivity index (χ3n) is 4.41. The molecule has 1 atom stereocenters. The lowest BCUT2D eigenvalue weighted by Crippen LogP contribution is -2.39. The van der Waals surface area contributed by atoms with Crippen LogP contribution in [0.4, 0.5) is 0 Å². The molecular weight excluding hydrogens is 306 g/mol. The first-order valence-electron chi connectivity index (χ1n) is 8.73. The lowest BCUT2D eigenvalue weighted by atomic mass is 10.1. The van der Waals surface area contributed by atoms with Gasteiger partial charge in [-0.3, -0.25) is 9.48 Å². The first-order chi connectivity index (χ1) is 11.0. The number of unbranched alkanes of at least 4 members (excludes halogenated alkanes) is 2. The fourth-order valence-electron chi connectivity index (χ4n) is 3.08. The molecule has 0 saturated heterocycles. The Hall–Kier alpha value is -1.36. The van der Waals surface area contributed by atoms with Gasteiger partial charge in [-0.25, -0.2) is 0 Å². The summed E-state index contributed by atoms with van der Waals surface area (Å²) < 4.78 is 1.88. The summed E-state index contributed by atoms with van der Waals surface area (Å²) in [6.07, 6.45) is 5.61. The fourth-order valence-corrected chi connectivity index (χ4v) is 4.16. The zero-order valence-electron chi connectivity index (χ0n) is 15.1. The van der Waals surface area contributed by atoms with Crippen LogP contribution in [0.5, 0.6) is 0 Å². The number of rotatable bonds is 8. The second-order valence-electron chi connectivity index (χ2n) is 6.38. The van der Waals surface area contributed by atoms with Crippen LogP contribution in [0, 0.1) is 6.92 Å². The van der Waals surface area contributed by atoms with E-state index in [0.29, 0.717) is 6.04 Å².